The lowest BCUT2D eigenvalue weighted by molar-refractivity contribution is -0.385. The van der Waals surface area contributed by atoms with E-state index in [1.54, 1.807) is 0 Å². The Morgan fingerprint density at radius 3 is 1.47 bits per heavy atom. The van der Waals surface area contributed by atoms with E-state index in [1.807, 2.05) is 0 Å². The van der Waals surface area contributed by atoms with Crippen LogP contribution in [0.3, 0.4) is 0 Å². The molecule has 346 valence electrons. The number of amides is 2. The number of unbranched alkanes of at least 4 members (excludes halogenated alkanes) is 1. The average molecular weight is 879 g/mol. The summed E-state index contributed by atoms with van der Waals surface area (Å²) in [5, 5.41) is 140. The van der Waals surface area contributed by atoms with Crippen molar-refractivity contribution in [1.29, 1.82) is 0 Å². The highest BCUT2D eigenvalue weighted by Crippen LogP contribution is 2.34. The predicted octanol–water partition coefficient (Wildman–Crippen LogP) is -9.12. The quantitative estimate of drug-likeness (QED) is 0.0536. The summed E-state index contributed by atoms with van der Waals surface area (Å²) in [5.74, 6) is -4.12. The number of carbonyl (C=O) groups is 4. The van der Waals surface area contributed by atoms with Gasteiger partial charge in [0.2, 0.25) is 11.8 Å². The molecule has 4 aliphatic rings. The molecular formula is C33H54N2O25. The molecule has 0 aromatic carbocycles. The van der Waals surface area contributed by atoms with Gasteiger partial charge in [-0.3, -0.25) is 9.59 Å². The summed E-state index contributed by atoms with van der Waals surface area (Å²) in [6.07, 6.45) is -39.4. The van der Waals surface area contributed by atoms with Crippen LogP contribution in [0.2, 0.25) is 0 Å². The molecule has 60 heavy (non-hydrogen) atoms. The predicted molar refractivity (Wildman–Crippen MR) is 184 cm³/mol. The minimum absolute atomic E-state index is 0.0628. The number of aliphatic hydroxyl groups is 11. The van der Waals surface area contributed by atoms with Crippen LogP contribution in [0, 0.1) is 0 Å². The standard InChI is InChI=1S/C33H54N2O25/c1-34-12(38)4-2-3-5-13(39)35-6-7-53-30-19(45)16(42)23(10(8-36)54-30)57-33-22(48)25(21(47)27(60-33)29(51)52)58-31-20(46)17(43)24(11(9-37)55-31)56-32-18(44)14(40)15(41)26(59-32)28(49)50/h10-11,14-27,30-33,36-37,40-48H,2-9H2,1H3,(H,34,38)(H,35,39)(H,49,50)(H,51,52). The molecule has 0 aromatic heterocycles. The van der Waals surface area contributed by atoms with Gasteiger partial charge in [0.05, 0.1) is 19.8 Å². The fourth-order valence-electron chi connectivity index (χ4n) is 6.78. The third-order valence-corrected chi connectivity index (χ3v) is 10.2. The molecule has 15 N–H and O–H groups in total. The van der Waals surface area contributed by atoms with Gasteiger partial charge >= 0.3 is 11.9 Å². The van der Waals surface area contributed by atoms with Crippen molar-refractivity contribution in [2.75, 3.05) is 33.4 Å². The minimum atomic E-state index is -2.29. The number of ether oxygens (including phenoxy) is 8. The second kappa shape index (κ2) is 22.5. The molecule has 2 amide bonds. The van der Waals surface area contributed by atoms with Gasteiger partial charge in [0.1, 0.15) is 85.5 Å². The Morgan fingerprint density at radius 1 is 0.517 bits per heavy atom. The smallest absolute Gasteiger partial charge is 0.335 e. The SMILES string of the molecule is CNC(=O)CCCCC(=O)NCCOC1OC(CO)C(OC2OC(C(=O)O)C(O)C(OC3OC(CO)C(OC4OC(C(=O)O)C(O)C(O)C4O)C(O)C3O)C2O)C(O)C1O. The Kier molecular flexibility index (Phi) is 18.6. The number of carboxylic acid groups (broad SMARTS) is 2. The summed E-state index contributed by atoms with van der Waals surface area (Å²) >= 11 is 0. The minimum Gasteiger partial charge on any atom is -0.479 e. The first-order chi connectivity index (χ1) is 28.4. The van der Waals surface area contributed by atoms with Crippen LogP contribution in [-0.4, -0.2) is 246 Å². The van der Waals surface area contributed by atoms with Crippen molar-refractivity contribution >= 4 is 23.8 Å². The van der Waals surface area contributed by atoms with Crippen molar-refractivity contribution < 1.29 is 123 Å². The van der Waals surface area contributed by atoms with E-state index >= 15 is 0 Å². The largest absolute Gasteiger partial charge is 0.479 e. The number of carbonyl (C=O) groups excluding carboxylic acids is 2. The lowest BCUT2D eigenvalue weighted by atomic mass is 9.95. The van der Waals surface area contributed by atoms with Crippen molar-refractivity contribution in [3.8, 4) is 0 Å². The second-order valence-corrected chi connectivity index (χ2v) is 14.3. The average Bonchev–Trinajstić information content (AvgIpc) is 3.21. The zero-order valence-corrected chi connectivity index (χ0v) is 31.9. The highest BCUT2D eigenvalue weighted by atomic mass is 16.8. The Bertz CT molecular complexity index is 1410. The molecule has 0 saturated carbocycles. The Balaban J connectivity index is 1.39. The summed E-state index contributed by atoms with van der Waals surface area (Å²) in [6, 6.07) is 0. The first-order valence-electron chi connectivity index (χ1n) is 18.8. The maximum Gasteiger partial charge on any atom is 0.335 e. The van der Waals surface area contributed by atoms with Crippen LogP contribution >= 0.6 is 0 Å². The van der Waals surface area contributed by atoms with Crippen molar-refractivity contribution in [2.45, 2.75) is 149 Å². The Morgan fingerprint density at radius 2 is 0.950 bits per heavy atom. The van der Waals surface area contributed by atoms with Gasteiger partial charge in [-0.1, -0.05) is 0 Å². The monoisotopic (exact) mass is 878 g/mol. The molecule has 27 nitrogen and oxygen atoms in total. The number of aliphatic carboxylic acids is 2. The maximum atomic E-state index is 12.1. The first kappa shape index (κ1) is 49.8. The molecule has 20 unspecified atom stereocenters. The van der Waals surface area contributed by atoms with E-state index in [2.05, 4.69) is 10.6 Å². The maximum absolute atomic E-state index is 12.1. The molecule has 4 heterocycles. The number of hydrogen-bond acceptors (Lipinski definition) is 23. The van der Waals surface area contributed by atoms with Crippen LogP contribution in [0.25, 0.3) is 0 Å². The molecule has 4 aliphatic heterocycles. The molecule has 0 bridgehead atoms. The van der Waals surface area contributed by atoms with Gasteiger partial charge in [0, 0.05) is 26.4 Å². The summed E-state index contributed by atoms with van der Waals surface area (Å²) < 4.78 is 43.2. The zero-order chi connectivity index (χ0) is 44.6. The number of nitrogens with one attached hydrogen (secondary N) is 2. The normalized spacial score (nSPS) is 42.3. The van der Waals surface area contributed by atoms with Crippen LogP contribution in [0.1, 0.15) is 25.7 Å². The molecule has 27 heteroatoms. The van der Waals surface area contributed by atoms with Crippen LogP contribution in [0.5, 0.6) is 0 Å². The second-order valence-electron chi connectivity index (χ2n) is 14.3. The van der Waals surface area contributed by atoms with Crippen molar-refractivity contribution in [3.05, 3.63) is 0 Å². The third-order valence-electron chi connectivity index (χ3n) is 10.2. The summed E-state index contributed by atoms with van der Waals surface area (Å²) in [5.41, 5.74) is 0. The highest BCUT2D eigenvalue weighted by Gasteiger charge is 2.57. The number of rotatable bonds is 19. The van der Waals surface area contributed by atoms with Crippen LogP contribution in [0.4, 0.5) is 0 Å². The molecule has 0 aliphatic carbocycles. The molecule has 0 spiro atoms. The van der Waals surface area contributed by atoms with E-state index < -0.39 is 148 Å². The van der Waals surface area contributed by atoms with Gasteiger partial charge in [0.25, 0.3) is 0 Å². The van der Waals surface area contributed by atoms with E-state index in [-0.39, 0.29) is 37.8 Å². The highest BCUT2D eigenvalue weighted by molar-refractivity contribution is 5.77. The number of hydrogen-bond donors (Lipinski definition) is 15. The van der Waals surface area contributed by atoms with E-state index in [4.69, 9.17) is 37.9 Å². The Hall–Kier alpha value is -2.88. The van der Waals surface area contributed by atoms with E-state index in [1.165, 1.54) is 7.05 Å². The van der Waals surface area contributed by atoms with Crippen LogP contribution in [-0.2, 0) is 57.1 Å². The van der Waals surface area contributed by atoms with E-state index in [9.17, 15) is 85.6 Å². The molecule has 4 saturated heterocycles. The van der Waals surface area contributed by atoms with Gasteiger partial charge in [-0.15, -0.1) is 0 Å². The first-order valence-corrected chi connectivity index (χ1v) is 18.8. The van der Waals surface area contributed by atoms with Crippen molar-refractivity contribution in [1.82, 2.24) is 10.6 Å². The number of carboxylic acids is 2. The lowest BCUT2D eigenvalue weighted by Gasteiger charge is -2.48. The molecule has 0 radical (unpaired) electrons. The molecule has 20 atom stereocenters. The van der Waals surface area contributed by atoms with Gasteiger partial charge in [-0.25, -0.2) is 9.59 Å². The zero-order valence-electron chi connectivity index (χ0n) is 31.9. The molecular weight excluding hydrogens is 824 g/mol. The Labute approximate surface area is 339 Å². The molecule has 4 fully saturated rings. The van der Waals surface area contributed by atoms with Gasteiger partial charge in [-0.05, 0) is 12.8 Å². The van der Waals surface area contributed by atoms with Gasteiger partial charge in [0.15, 0.2) is 37.4 Å². The van der Waals surface area contributed by atoms with Crippen LogP contribution < -0.4 is 10.6 Å². The lowest BCUT2D eigenvalue weighted by Crippen LogP contribution is -2.68. The summed E-state index contributed by atoms with van der Waals surface area (Å²) in [4.78, 5) is 47.0. The van der Waals surface area contributed by atoms with E-state index in [0.29, 0.717) is 12.8 Å². The summed E-state index contributed by atoms with van der Waals surface area (Å²) in [7, 11) is 1.50. The van der Waals surface area contributed by atoms with Crippen molar-refractivity contribution in [3.63, 3.8) is 0 Å². The van der Waals surface area contributed by atoms with Crippen LogP contribution in [0.15, 0.2) is 0 Å². The molecule has 4 rings (SSSR count). The summed E-state index contributed by atoms with van der Waals surface area (Å²) in [6.45, 7) is -2.28. The van der Waals surface area contributed by atoms with Crippen molar-refractivity contribution in [2.24, 2.45) is 0 Å². The number of aliphatic hydroxyl groups excluding tert-OH is 11. The fraction of sp³-hybridized carbons (Fsp3) is 0.879. The topological polar surface area (TPSA) is 429 Å². The van der Waals surface area contributed by atoms with E-state index in [0.717, 1.165) is 0 Å². The third kappa shape index (κ3) is 11.8. The molecule has 0 aromatic rings. The van der Waals surface area contributed by atoms with Gasteiger partial charge in [-0.2, -0.15) is 0 Å². The fourth-order valence-corrected chi connectivity index (χ4v) is 6.78. The van der Waals surface area contributed by atoms with Gasteiger partial charge < -0.3 is 115 Å².